The van der Waals surface area contributed by atoms with Gasteiger partial charge in [-0.15, -0.1) is 0 Å². The number of unbranched alkanes of at least 4 members (excludes halogenated alkanes) is 15. The molecule has 0 unspecified atom stereocenters. The Morgan fingerprint density at radius 1 is 0.491 bits per heavy atom. The molecule has 0 aliphatic heterocycles. The molecule has 0 spiro atoms. The minimum absolute atomic E-state index is 0.0130. The summed E-state index contributed by atoms with van der Waals surface area (Å²) in [5.41, 5.74) is 0. The molecule has 0 rings (SSSR count). The zero-order valence-corrected chi connectivity index (χ0v) is 39.8. The Morgan fingerprint density at radius 2 is 0.842 bits per heavy atom. The Bertz CT molecular complexity index is 869. The normalized spacial score (nSPS) is 11.0. The van der Waals surface area contributed by atoms with E-state index in [0.717, 1.165) is 63.8 Å². The van der Waals surface area contributed by atoms with Crippen molar-refractivity contribution in [1.82, 2.24) is 10.2 Å². The molecule has 8 heteroatoms. The van der Waals surface area contributed by atoms with Crippen LogP contribution >= 0.6 is 0 Å². The van der Waals surface area contributed by atoms with Gasteiger partial charge < -0.3 is 19.7 Å². The Kier molecular flexibility index (Phi) is 48.7. The minimum Gasteiger partial charge on any atom is -0.465 e. The second-order valence-electron chi connectivity index (χ2n) is 17.1. The van der Waals surface area contributed by atoms with Crippen molar-refractivity contribution in [3.8, 4) is 0 Å². The van der Waals surface area contributed by atoms with E-state index in [0.29, 0.717) is 19.6 Å². The number of nitrogens with one attached hydrogen (secondary N) is 1. The Balaban J connectivity index is -0.000000797. The average Bonchev–Trinajstić information content (AvgIpc) is 3.17. The van der Waals surface area contributed by atoms with Gasteiger partial charge in [0.05, 0.1) is 31.6 Å². The SMILES string of the molecule is CC(=O)CNC(=O)CCCN(C)C.CCCCCCC(CCCCCC)C(=O)OCCCCC.CCCCCCC(CCCCCC)C(=O)OCCCCC(C)C. The molecule has 0 aromatic heterocycles. The molecule has 340 valence electrons. The molecule has 8 nitrogen and oxygen atoms in total. The summed E-state index contributed by atoms with van der Waals surface area (Å²) in [6.45, 7) is 19.3. The molecule has 0 saturated heterocycles. The number of carbonyl (C=O) groups excluding carboxylic acids is 4. The topological polar surface area (TPSA) is 102 Å². The summed E-state index contributed by atoms with van der Waals surface area (Å²) in [5.74, 6) is 1.13. The molecule has 0 atom stereocenters. The maximum Gasteiger partial charge on any atom is 0.308 e. The Labute approximate surface area is 354 Å². The average molecular weight is 811 g/mol. The lowest BCUT2D eigenvalue weighted by Gasteiger charge is -2.16. The minimum atomic E-state index is -0.0444. The number of Topliss-reactive ketones (excluding diaryl/α,β-unsaturated/α-hetero) is 1. The zero-order valence-electron chi connectivity index (χ0n) is 39.8. The zero-order chi connectivity index (χ0) is 43.4. The van der Waals surface area contributed by atoms with E-state index in [1.807, 2.05) is 19.0 Å². The highest BCUT2D eigenvalue weighted by Crippen LogP contribution is 2.22. The van der Waals surface area contributed by atoms with E-state index in [2.05, 4.69) is 53.8 Å². The summed E-state index contributed by atoms with van der Waals surface area (Å²) < 4.78 is 11.0. The predicted molar refractivity (Wildman–Crippen MR) is 244 cm³/mol. The number of rotatable bonds is 37. The first-order valence-corrected chi connectivity index (χ1v) is 24.1. The fraction of sp³-hybridized carbons (Fsp3) is 0.918. The van der Waals surface area contributed by atoms with Crippen LogP contribution in [0.15, 0.2) is 0 Å². The van der Waals surface area contributed by atoms with Crippen molar-refractivity contribution in [3.05, 3.63) is 0 Å². The van der Waals surface area contributed by atoms with Gasteiger partial charge in [0.25, 0.3) is 0 Å². The molecule has 0 fully saturated rings. The molecule has 57 heavy (non-hydrogen) atoms. The second kappa shape index (κ2) is 46.7. The Morgan fingerprint density at radius 3 is 1.18 bits per heavy atom. The highest BCUT2D eigenvalue weighted by molar-refractivity contribution is 5.84. The van der Waals surface area contributed by atoms with E-state index in [-0.39, 0.29) is 42.0 Å². The van der Waals surface area contributed by atoms with Gasteiger partial charge in [-0.2, -0.15) is 0 Å². The van der Waals surface area contributed by atoms with Crippen LogP contribution in [0.3, 0.4) is 0 Å². The molecular formula is C49H98N2O6. The Hall–Kier alpha value is -1.96. The van der Waals surface area contributed by atoms with Gasteiger partial charge >= 0.3 is 11.9 Å². The molecule has 0 saturated carbocycles. The van der Waals surface area contributed by atoms with E-state index in [1.54, 1.807) is 0 Å². The number of esters is 2. The number of hydrogen-bond acceptors (Lipinski definition) is 7. The first-order valence-electron chi connectivity index (χ1n) is 24.1. The van der Waals surface area contributed by atoms with Crippen LogP contribution in [-0.4, -0.2) is 68.9 Å². The standard InChI is InChI=1S/C21H42O2.C19H38O2.C9H18N2O2/c1-5-7-9-11-16-20(17-12-10-8-6-2)21(22)23-18-14-13-15-19(3)4;1-4-7-10-12-15-18(16-13-11-8-5-2)19(20)21-17-14-9-6-3;1-8(12)7-10-9(13)5-4-6-11(2)3/h19-20H,5-18H2,1-4H3;18H,4-17H2,1-3H3;4-7H2,1-3H3,(H,10,13). The molecule has 0 aliphatic carbocycles. The van der Waals surface area contributed by atoms with Crippen LogP contribution < -0.4 is 5.32 Å². The number of ketones is 1. The number of hydrogen-bond donors (Lipinski definition) is 1. The molecule has 0 heterocycles. The molecule has 0 radical (unpaired) electrons. The summed E-state index contributed by atoms with van der Waals surface area (Å²) in [7, 11) is 3.93. The summed E-state index contributed by atoms with van der Waals surface area (Å²) in [6.07, 6.45) is 32.1. The van der Waals surface area contributed by atoms with Gasteiger partial charge in [-0.1, -0.05) is 170 Å². The van der Waals surface area contributed by atoms with E-state index >= 15 is 0 Å². The number of nitrogens with zero attached hydrogens (tertiary/aromatic N) is 1. The molecule has 0 aromatic rings. The largest absolute Gasteiger partial charge is 0.465 e. The highest BCUT2D eigenvalue weighted by atomic mass is 16.5. The van der Waals surface area contributed by atoms with Crippen LogP contribution in [0.25, 0.3) is 0 Å². The fourth-order valence-corrected chi connectivity index (χ4v) is 6.49. The predicted octanol–water partition coefficient (Wildman–Crippen LogP) is 13.2. The number of carbonyl (C=O) groups is 4. The van der Waals surface area contributed by atoms with Crippen molar-refractivity contribution in [3.63, 3.8) is 0 Å². The number of amides is 1. The van der Waals surface area contributed by atoms with Gasteiger partial charge in [-0.25, -0.2) is 0 Å². The maximum absolute atomic E-state index is 12.3. The van der Waals surface area contributed by atoms with Crippen molar-refractivity contribution in [2.45, 2.75) is 235 Å². The second-order valence-corrected chi connectivity index (χ2v) is 17.1. The lowest BCUT2D eigenvalue weighted by molar-refractivity contribution is -0.150. The summed E-state index contributed by atoms with van der Waals surface area (Å²) in [4.78, 5) is 48.1. The van der Waals surface area contributed by atoms with E-state index < -0.39 is 0 Å². The summed E-state index contributed by atoms with van der Waals surface area (Å²) in [6, 6.07) is 0. The van der Waals surface area contributed by atoms with Gasteiger partial charge in [-0.05, 0) is 84.8 Å². The monoisotopic (exact) mass is 811 g/mol. The smallest absolute Gasteiger partial charge is 0.308 e. The summed E-state index contributed by atoms with van der Waals surface area (Å²) in [5, 5.41) is 2.55. The van der Waals surface area contributed by atoms with Crippen molar-refractivity contribution >= 4 is 23.6 Å². The van der Waals surface area contributed by atoms with E-state index in [4.69, 9.17) is 9.47 Å². The first kappa shape index (κ1) is 59.4. The van der Waals surface area contributed by atoms with Gasteiger partial charge in [-0.3, -0.25) is 19.2 Å². The quantitative estimate of drug-likeness (QED) is 0.0492. The van der Waals surface area contributed by atoms with Crippen LogP contribution in [0.5, 0.6) is 0 Å². The lowest BCUT2D eigenvalue weighted by Crippen LogP contribution is -2.28. The molecule has 0 aromatic carbocycles. The molecular weight excluding hydrogens is 713 g/mol. The van der Waals surface area contributed by atoms with Gasteiger partial charge in [0.1, 0.15) is 5.78 Å². The molecule has 1 amide bonds. The van der Waals surface area contributed by atoms with Crippen molar-refractivity contribution < 1.29 is 28.7 Å². The molecule has 0 bridgehead atoms. The molecule has 1 N–H and O–H groups in total. The van der Waals surface area contributed by atoms with Crippen LogP contribution in [0.1, 0.15) is 235 Å². The van der Waals surface area contributed by atoms with Crippen LogP contribution in [-0.2, 0) is 28.7 Å². The summed E-state index contributed by atoms with van der Waals surface area (Å²) >= 11 is 0. The van der Waals surface area contributed by atoms with Gasteiger partial charge in [0, 0.05) is 6.42 Å². The third-order valence-corrected chi connectivity index (χ3v) is 10.2. The van der Waals surface area contributed by atoms with Crippen molar-refractivity contribution in [2.75, 3.05) is 40.4 Å². The lowest BCUT2D eigenvalue weighted by atomic mass is 9.94. The first-order chi connectivity index (χ1) is 27.4. The van der Waals surface area contributed by atoms with Gasteiger partial charge in [0.2, 0.25) is 5.91 Å². The van der Waals surface area contributed by atoms with Crippen molar-refractivity contribution in [2.24, 2.45) is 17.8 Å². The van der Waals surface area contributed by atoms with Crippen LogP contribution in [0, 0.1) is 17.8 Å². The maximum atomic E-state index is 12.3. The number of ether oxygens (including phenoxy) is 2. The van der Waals surface area contributed by atoms with Crippen LogP contribution in [0.4, 0.5) is 0 Å². The van der Waals surface area contributed by atoms with E-state index in [9.17, 15) is 19.2 Å². The van der Waals surface area contributed by atoms with E-state index in [1.165, 1.54) is 129 Å². The highest BCUT2D eigenvalue weighted by Gasteiger charge is 2.20. The van der Waals surface area contributed by atoms with Crippen molar-refractivity contribution in [1.29, 1.82) is 0 Å². The van der Waals surface area contributed by atoms with Gasteiger partial charge in [0.15, 0.2) is 0 Å². The third kappa shape index (κ3) is 48.3. The third-order valence-electron chi connectivity index (χ3n) is 10.2. The molecule has 0 aliphatic rings. The fourth-order valence-electron chi connectivity index (χ4n) is 6.49. The van der Waals surface area contributed by atoms with Crippen LogP contribution in [0.2, 0.25) is 0 Å².